The zero-order valence-electron chi connectivity index (χ0n) is 5.32. The van der Waals surface area contributed by atoms with Crippen LogP contribution in [-0.2, 0) is 0 Å². The quantitative estimate of drug-likeness (QED) is 0.429. The summed E-state index contributed by atoms with van der Waals surface area (Å²) in [6, 6.07) is 0. The lowest BCUT2D eigenvalue weighted by atomic mass is 10.2. The molecule has 0 bridgehead atoms. The van der Waals surface area contributed by atoms with Crippen LogP contribution >= 0.6 is 0 Å². The molecule has 0 amide bonds. The summed E-state index contributed by atoms with van der Waals surface area (Å²) in [4.78, 5) is 0. The van der Waals surface area contributed by atoms with Crippen molar-refractivity contribution in [1.82, 2.24) is 5.32 Å². The third kappa shape index (κ3) is 1.72. The number of rotatable bonds is 0. The number of nitrogens with one attached hydrogen (secondary N) is 1. The van der Waals surface area contributed by atoms with E-state index in [1.54, 1.807) is 0 Å². The van der Waals surface area contributed by atoms with Crippen LogP contribution in [0.2, 0.25) is 0 Å². The lowest BCUT2D eigenvalue weighted by molar-refractivity contribution is -0.102. The summed E-state index contributed by atoms with van der Waals surface area (Å²) in [5, 5.41) is 1.90. The summed E-state index contributed by atoms with van der Waals surface area (Å²) >= 11 is 0. The molecule has 1 nitrogen and oxygen atoms in total. The molecule has 0 aromatic carbocycles. The Hall–Kier alpha value is -1.00. The first-order valence-corrected chi connectivity index (χ1v) is 2.86. The molecule has 5 heteroatoms. The molecule has 1 heterocycles. The molecule has 0 fully saturated rings. The zero-order valence-corrected chi connectivity index (χ0v) is 5.32. The van der Waals surface area contributed by atoms with Crippen molar-refractivity contribution < 1.29 is 17.6 Å². The largest absolute Gasteiger partial charge is 0.417 e. The van der Waals surface area contributed by atoms with Gasteiger partial charge in [-0.1, -0.05) is 0 Å². The fraction of sp³-hybridized carbons (Fsp3) is 0.333. The van der Waals surface area contributed by atoms with Crippen LogP contribution in [0, 0.1) is 0 Å². The summed E-state index contributed by atoms with van der Waals surface area (Å²) in [5.41, 5.74) is -1.19. The van der Waals surface area contributed by atoms with E-state index in [0.717, 1.165) is 12.3 Å². The Balaban J connectivity index is 2.84. The first-order valence-electron chi connectivity index (χ1n) is 2.86. The molecule has 0 saturated carbocycles. The van der Waals surface area contributed by atoms with Crippen molar-refractivity contribution in [2.75, 3.05) is 0 Å². The maximum Gasteiger partial charge on any atom is 0.417 e. The molecular formula is C6H5F4N. The molecule has 0 aliphatic carbocycles. The normalized spacial score (nSPS) is 24.4. The van der Waals surface area contributed by atoms with Crippen molar-refractivity contribution in [1.29, 1.82) is 0 Å². The second-order valence-electron chi connectivity index (χ2n) is 2.01. The van der Waals surface area contributed by atoms with E-state index in [9.17, 15) is 17.6 Å². The summed E-state index contributed by atoms with van der Waals surface area (Å²) in [7, 11) is 0. The summed E-state index contributed by atoms with van der Waals surface area (Å²) in [6.07, 6.45) is -3.78. The molecule has 11 heavy (non-hydrogen) atoms. The van der Waals surface area contributed by atoms with Gasteiger partial charge in [0.2, 0.25) is 6.30 Å². The van der Waals surface area contributed by atoms with Crippen molar-refractivity contribution >= 4 is 0 Å². The molecule has 0 radical (unpaired) electrons. The molecule has 0 saturated heterocycles. The van der Waals surface area contributed by atoms with Crippen LogP contribution in [0.5, 0.6) is 0 Å². The summed E-state index contributed by atoms with van der Waals surface area (Å²) < 4.78 is 47.8. The predicted molar refractivity (Wildman–Crippen MR) is 31.3 cm³/mol. The van der Waals surface area contributed by atoms with Crippen LogP contribution in [0.4, 0.5) is 17.6 Å². The molecule has 0 spiro atoms. The molecule has 1 atom stereocenters. The van der Waals surface area contributed by atoms with Crippen LogP contribution in [0.1, 0.15) is 0 Å². The fourth-order valence-electron chi connectivity index (χ4n) is 0.704. The second kappa shape index (κ2) is 2.56. The Morgan fingerprint density at radius 1 is 1.36 bits per heavy atom. The van der Waals surface area contributed by atoms with Gasteiger partial charge in [-0.25, -0.2) is 4.39 Å². The van der Waals surface area contributed by atoms with Crippen molar-refractivity contribution in [2.45, 2.75) is 12.5 Å². The Kier molecular flexibility index (Phi) is 1.89. The van der Waals surface area contributed by atoms with Gasteiger partial charge in [0.1, 0.15) is 0 Å². The van der Waals surface area contributed by atoms with E-state index >= 15 is 0 Å². The molecule has 1 N–H and O–H groups in total. The topological polar surface area (TPSA) is 12.0 Å². The Labute approximate surface area is 60.4 Å². The number of halogens is 4. The van der Waals surface area contributed by atoms with E-state index < -0.39 is 18.0 Å². The van der Waals surface area contributed by atoms with Crippen molar-refractivity contribution in [3.8, 4) is 0 Å². The minimum Gasteiger partial charge on any atom is -0.358 e. The highest BCUT2D eigenvalue weighted by Gasteiger charge is 2.39. The van der Waals surface area contributed by atoms with Gasteiger partial charge < -0.3 is 5.32 Å². The molecule has 1 aliphatic heterocycles. The lowest BCUT2D eigenvalue weighted by Gasteiger charge is -2.17. The third-order valence-electron chi connectivity index (χ3n) is 1.21. The number of hydrogen-bond acceptors (Lipinski definition) is 1. The molecule has 1 rings (SSSR count). The number of allylic oxidation sites excluding steroid dienone is 2. The number of alkyl halides is 4. The monoisotopic (exact) mass is 167 g/mol. The Bertz CT molecular complexity index is 203. The number of dihydropyridines is 1. The van der Waals surface area contributed by atoms with Gasteiger partial charge in [-0.15, -0.1) is 0 Å². The van der Waals surface area contributed by atoms with Crippen LogP contribution < -0.4 is 5.32 Å². The van der Waals surface area contributed by atoms with Gasteiger partial charge in [0, 0.05) is 0 Å². The van der Waals surface area contributed by atoms with Gasteiger partial charge in [0.15, 0.2) is 0 Å². The summed E-state index contributed by atoms with van der Waals surface area (Å²) in [5.74, 6) is 0. The van der Waals surface area contributed by atoms with Crippen LogP contribution in [-0.4, -0.2) is 12.5 Å². The van der Waals surface area contributed by atoms with E-state index in [1.165, 1.54) is 0 Å². The maximum absolute atomic E-state index is 12.4. The second-order valence-corrected chi connectivity index (χ2v) is 2.01. The van der Waals surface area contributed by atoms with E-state index in [1.807, 2.05) is 5.32 Å². The third-order valence-corrected chi connectivity index (χ3v) is 1.21. The highest BCUT2D eigenvalue weighted by atomic mass is 19.4. The van der Waals surface area contributed by atoms with Crippen molar-refractivity contribution in [2.24, 2.45) is 0 Å². The van der Waals surface area contributed by atoms with Gasteiger partial charge in [0.25, 0.3) is 0 Å². The smallest absolute Gasteiger partial charge is 0.358 e. The van der Waals surface area contributed by atoms with E-state index in [-0.39, 0.29) is 0 Å². The van der Waals surface area contributed by atoms with Gasteiger partial charge >= 0.3 is 6.18 Å². The minimum atomic E-state index is -4.59. The zero-order chi connectivity index (χ0) is 8.48. The first-order chi connectivity index (χ1) is 5.02. The van der Waals surface area contributed by atoms with E-state index in [2.05, 4.69) is 0 Å². The Morgan fingerprint density at radius 3 is 2.36 bits per heavy atom. The molecule has 0 aromatic heterocycles. The van der Waals surface area contributed by atoms with Gasteiger partial charge in [0.05, 0.1) is 5.57 Å². The van der Waals surface area contributed by atoms with Crippen molar-refractivity contribution in [3.05, 3.63) is 23.9 Å². The van der Waals surface area contributed by atoms with Gasteiger partial charge in [-0.3, -0.25) is 0 Å². The Morgan fingerprint density at radius 2 is 2.00 bits per heavy atom. The van der Waals surface area contributed by atoms with Gasteiger partial charge in [-0.2, -0.15) is 13.2 Å². The first kappa shape index (κ1) is 8.10. The van der Waals surface area contributed by atoms with Gasteiger partial charge in [-0.05, 0) is 18.4 Å². The molecular weight excluding hydrogens is 162 g/mol. The van der Waals surface area contributed by atoms with Crippen molar-refractivity contribution in [3.63, 3.8) is 0 Å². The highest BCUT2D eigenvalue weighted by Crippen LogP contribution is 2.29. The average molecular weight is 167 g/mol. The molecule has 1 unspecified atom stereocenters. The maximum atomic E-state index is 12.4. The molecule has 62 valence electrons. The fourth-order valence-corrected chi connectivity index (χ4v) is 0.704. The molecule has 1 aliphatic rings. The van der Waals surface area contributed by atoms with E-state index in [0.29, 0.717) is 6.08 Å². The summed E-state index contributed by atoms with van der Waals surface area (Å²) in [6.45, 7) is 0. The highest BCUT2D eigenvalue weighted by molar-refractivity contribution is 5.24. The molecule has 0 aromatic rings. The lowest BCUT2D eigenvalue weighted by Crippen LogP contribution is -2.31. The SMILES string of the molecule is FC1NC=CC=C1C(F)(F)F. The minimum absolute atomic E-state index is 0.709. The van der Waals surface area contributed by atoms with Crippen LogP contribution in [0.25, 0.3) is 0 Å². The standard InChI is InChI=1S/C6H5F4N/c7-5-4(6(8,9)10)2-1-3-11-5/h1-3,5,11H. The number of hydrogen-bond donors (Lipinski definition) is 1. The van der Waals surface area contributed by atoms with Crippen LogP contribution in [0.15, 0.2) is 23.9 Å². The van der Waals surface area contributed by atoms with Crippen LogP contribution in [0.3, 0.4) is 0 Å². The average Bonchev–Trinajstić information content (AvgIpc) is 1.86. The van der Waals surface area contributed by atoms with E-state index in [4.69, 9.17) is 0 Å². The predicted octanol–water partition coefficient (Wildman–Crippen LogP) is 1.89.